The van der Waals surface area contributed by atoms with Gasteiger partial charge in [-0.3, -0.25) is 4.79 Å². The van der Waals surface area contributed by atoms with Gasteiger partial charge in [0.2, 0.25) is 0 Å². The van der Waals surface area contributed by atoms with Crippen molar-refractivity contribution in [3.63, 3.8) is 0 Å². The highest BCUT2D eigenvalue weighted by Crippen LogP contribution is 2.30. The van der Waals surface area contributed by atoms with Crippen molar-refractivity contribution in [2.75, 3.05) is 37.0 Å². The number of amides is 1. The number of hydrogen-bond acceptors (Lipinski definition) is 5. The SMILES string of the molecule is COC(=O)c1ccc(N2CCCC2)c(NC(=O)COc2ccccc2)c1. The molecule has 1 aliphatic rings. The molecule has 1 aliphatic heterocycles. The monoisotopic (exact) mass is 354 g/mol. The number of anilines is 2. The fourth-order valence-electron chi connectivity index (χ4n) is 2.97. The Hall–Kier alpha value is -3.02. The van der Waals surface area contributed by atoms with E-state index in [4.69, 9.17) is 9.47 Å². The largest absolute Gasteiger partial charge is 0.484 e. The first kappa shape index (κ1) is 17.8. The lowest BCUT2D eigenvalue weighted by Crippen LogP contribution is -2.24. The van der Waals surface area contributed by atoms with E-state index >= 15 is 0 Å². The van der Waals surface area contributed by atoms with Crippen LogP contribution in [0.15, 0.2) is 48.5 Å². The molecule has 6 heteroatoms. The number of hydrogen-bond donors (Lipinski definition) is 1. The summed E-state index contributed by atoms with van der Waals surface area (Å²) < 4.78 is 10.3. The van der Waals surface area contributed by atoms with E-state index < -0.39 is 5.97 Å². The van der Waals surface area contributed by atoms with Crippen molar-refractivity contribution in [1.29, 1.82) is 0 Å². The first-order chi connectivity index (χ1) is 12.7. The van der Waals surface area contributed by atoms with Crippen LogP contribution in [-0.4, -0.2) is 38.7 Å². The van der Waals surface area contributed by atoms with E-state index in [-0.39, 0.29) is 12.5 Å². The van der Waals surface area contributed by atoms with Gasteiger partial charge < -0.3 is 19.7 Å². The maximum absolute atomic E-state index is 12.3. The van der Waals surface area contributed by atoms with Gasteiger partial charge in [-0.2, -0.15) is 0 Å². The summed E-state index contributed by atoms with van der Waals surface area (Å²) in [5.41, 5.74) is 1.90. The van der Waals surface area contributed by atoms with Crippen molar-refractivity contribution in [3.8, 4) is 5.75 Å². The zero-order valence-electron chi connectivity index (χ0n) is 14.7. The predicted molar refractivity (Wildman–Crippen MR) is 99.8 cm³/mol. The zero-order valence-corrected chi connectivity index (χ0v) is 14.7. The summed E-state index contributed by atoms with van der Waals surface area (Å²) in [6.45, 7) is 1.76. The lowest BCUT2D eigenvalue weighted by atomic mass is 10.1. The van der Waals surface area contributed by atoms with Gasteiger partial charge in [-0.1, -0.05) is 18.2 Å². The van der Waals surface area contributed by atoms with Crippen LogP contribution in [0.5, 0.6) is 5.75 Å². The molecule has 1 N–H and O–H groups in total. The molecule has 0 atom stereocenters. The van der Waals surface area contributed by atoms with Gasteiger partial charge in [-0.25, -0.2) is 4.79 Å². The number of carbonyl (C=O) groups excluding carboxylic acids is 2. The van der Waals surface area contributed by atoms with Crippen LogP contribution in [0.4, 0.5) is 11.4 Å². The molecule has 0 saturated carbocycles. The van der Waals surface area contributed by atoms with Crippen LogP contribution in [0.1, 0.15) is 23.2 Å². The number of ether oxygens (including phenoxy) is 2. The summed E-state index contributed by atoms with van der Waals surface area (Å²) in [5.74, 6) is -0.0870. The molecule has 1 heterocycles. The van der Waals surface area contributed by atoms with Gasteiger partial charge in [0.25, 0.3) is 5.91 Å². The summed E-state index contributed by atoms with van der Waals surface area (Å²) in [6.07, 6.45) is 2.23. The number of para-hydroxylation sites is 1. The van der Waals surface area contributed by atoms with Crippen molar-refractivity contribution >= 4 is 23.3 Å². The number of esters is 1. The summed E-state index contributed by atoms with van der Waals surface area (Å²) in [6, 6.07) is 14.4. The Morgan fingerprint density at radius 2 is 1.81 bits per heavy atom. The molecule has 0 radical (unpaired) electrons. The first-order valence-corrected chi connectivity index (χ1v) is 8.62. The molecule has 0 spiro atoms. The summed E-state index contributed by atoms with van der Waals surface area (Å²) in [4.78, 5) is 26.4. The van der Waals surface area contributed by atoms with E-state index in [1.54, 1.807) is 24.3 Å². The van der Waals surface area contributed by atoms with Crippen LogP contribution < -0.4 is 15.0 Å². The lowest BCUT2D eigenvalue weighted by molar-refractivity contribution is -0.118. The average Bonchev–Trinajstić information content (AvgIpc) is 3.21. The van der Waals surface area contributed by atoms with Crippen LogP contribution in [0, 0.1) is 0 Å². The molecule has 0 aromatic heterocycles. The van der Waals surface area contributed by atoms with E-state index in [9.17, 15) is 9.59 Å². The van der Waals surface area contributed by atoms with Gasteiger partial charge in [-0.05, 0) is 43.2 Å². The topological polar surface area (TPSA) is 67.9 Å². The first-order valence-electron chi connectivity index (χ1n) is 8.62. The molecule has 6 nitrogen and oxygen atoms in total. The second-order valence-corrected chi connectivity index (χ2v) is 6.07. The van der Waals surface area contributed by atoms with Gasteiger partial charge >= 0.3 is 5.97 Å². The zero-order chi connectivity index (χ0) is 18.4. The third-order valence-corrected chi connectivity index (χ3v) is 4.25. The standard InChI is InChI=1S/C20H22N2O4/c1-25-20(24)15-9-10-18(22-11-5-6-12-22)17(13-15)21-19(23)14-26-16-7-3-2-4-8-16/h2-4,7-10,13H,5-6,11-12,14H2,1H3,(H,21,23). The van der Waals surface area contributed by atoms with Crippen LogP contribution in [-0.2, 0) is 9.53 Å². The molecule has 2 aromatic rings. The smallest absolute Gasteiger partial charge is 0.337 e. The number of rotatable bonds is 6. The van der Waals surface area contributed by atoms with Crippen molar-refractivity contribution in [2.24, 2.45) is 0 Å². The van der Waals surface area contributed by atoms with Crippen LogP contribution in [0.25, 0.3) is 0 Å². The fraction of sp³-hybridized carbons (Fsp3) is 0.300. The quantitative estimate of drug-likeness (QED) is 0.808. The molecule has 2 aromatic carbocycles. The van der Waals surface area contributed by atoms with Crippen molar-refractivity contribution in [1.82, 2.24) is 0 Å². The second kappa shape index (κ2) is 8.38. The second-order valence-electron chi connectivity index (χ2n) is 6.07. The van der Waals surface area contributed by atoms with Crippen LogP contribution in [0.3, 0.4) is 0 Å². The maximum Gasteiger partial charge on any atom is 0.337 e. The molecule has 1 amide bonds. The average molecular weight is 354 g/mol. The molecule has 136 valence electrons. The highest BCUT2D eigenvalue weighted by molar-refractivity contribution is 5.98. The van der Waals surface area contributed by atoms with E-state index in [2.05, 4.69) is 10.2 Å². The Morgan fingerprint density at radius 3 is 2.50 bits per heavy atom. The highest BCUT2D eigenvalue weighted by Gasteiger charge is 2.19. The normalized spacial score (nSPS) is 13.3. The van der Waals surface area contributed by atoms with E-state index in [0.29, 0.717) is 17.0 Å². The molecule has 0 unspecified atom stereocenters. The Balaban J connectivity index is 1.74. The minimum absolute atomic E-state index is 0.105. The maximum atomic E-state index is 12.3. The minimum Gasteiger partial charge on any atom is -0.484 e. The number of nitrogens with one attached hydrogen (secondary N) is 1. The fourth-order valence-corrected chi connectivity index (χ4v) is 2.97. The van der Waals surface area contributed by atoms with Gasteiger partial charge in [0.05, 0.1) is 24.0 Å². The summed E-state index contributed by atoms with van der Waals surface area (Å²) in [5, 5.41) is 2.86. The minimum atomic E-state index is -0.436. The van der Waals surface area contributed by atoms with E-state index in [0.717, 1.165) is 31.6 Å². The number of benzene rings is 2. The van der Waals surface area contributed by atoms with Crippen molar-refractivity contribution in [2.45, 2.75) is 12.8 Å². The highest BCUT2D eigenvalue weighted by atomic mass is 16.5. The molecule has 3 rings (SSSR count). The number of nitrogens with zero attached hydrogens (tertiary/aromatic N) is 1. The summed E-state index contributed by atoms with van der Waals surface area (Å²) in [7, 11) is 1.34. The van der Waals surface area contributed by atoms with Crippen LogP contribution in [0.2, 0.25) is 0 Å². The summed E-state index contributed by atoms with van der Waals surface area (Å²) >= 11 is 0. The van der Waals surface area contributed by atoms with E-state index in [1.807, 2.05) is 24.3 Å². The Labute approximate surface area is 152 Å². The molecule has 1 saturated heterocycles. The van der Waals surface area contributed by atoms with Gasteiger partial charge in [0.15, 0.2) is 6.61 Å². The van der Waals surface area contributed by atoms with E-state index in [1.165, 1.54) is 7.11 Å². The van der Waals surface area contributed by atoms with Crippen molar-refractivity contribution < 1.29 is 19.1 Å². The van der Waals surface area contributed by atoms with Gasteiger partial charge in [-0.15, -0.1) is 0 Å². The molecular weight excluding hydrogens is 332 g/mol. The Kier molecular flexibility index (Phi) is 5.73. The molecule has 0 bridgehead atoms. The van der Waals surface area contributed by atoms with Gasteiger partial charge in [0.1, 0.15) is 5.75 Å². The lowest BCUT2D eigenvalue weighted by Gasteiger charge is -2.22. The third-order valence-electron chi connectivity index (χ3n) is 4.25. The number of carbonyl (C=O) groups is 2. The molecule has 26 heavy (non-hydrogen) atoms. The molecule has 1 fully saturated rings. The number of methoxy groups -OCH3 is 1. The Bertz CT molecular complexity index is 771. The van der Waals surface area contributed by atoms with Gasteiger partial charge in [0, 0.05) is 13.1 Å². The molecular formula is C20H22N2O4. The van der Waals surface area contributed by atoms with Crippen molar-refractivity contribution in [3.05, 3.63) is 54.1 Å². The third kappa shape index (κ3) is 4.33. The predicted octanol–water partition coefficient (Wildman–Crippen LogP) is 3.09. The Morgan fingerprint density at radius 1 is 1.08 bits per heavy atom. The molecule has 0 aliphatic carbocycles. The van der Waals surface area contributed by atoms with Crippen LogP contribution >= 0.6 is 0 Å².